The normalized spacial score (nSPS) is 12.0. The van der Waals surface area contributed by atoms with E-state index in [0.717, 1.165) is 36.0 Å². The van der Waals surface area contributed by atoms with Gasteiger partial charge in [0.15, 0.2) is 0 Å². The molecule has 0 heterocycles. The highest BCUT2D eigenvalue weighted by Gasteiger charge is 2.31. The van der Waals surface area contributed by atoms with Gasteiger partial charge in [0.1, 0.15) is 11.5 Å². The number of fused-ring (bicyclic) bond motifs is 1. The summed E-state index contributed by atoms with van der Waals surface area (Å²) in [7, 11) is -4.22. The second-order valence-corrected chi connectivity index (χ2v) is 8.82. The fourth-order valence-electron chi connectivity index (χ4n) is 2.69. The van der Waals surface area contributed by atoms with E-state index in [1.165, 1.54) is 12.1 Å². The number of sulfonamides is 1. The highest BCUT2D eigenvalue weighted by atomic mass is 32.2. The fourth-order valence-corrected chi connectivity index (χ4v) is 4.49. The van der Waals surface area contributed by atoms with E-state index < -0.39 is 28.1 Å². The predicted molar refractivity (Wildman–Crippen MR) is 108 cm³/mol. The van der Waals surface area contributed by atoms with Crippen molar-refractivity contribution in [1.82, 2.24) is 0 Å². The molecule has 0 aliphatic rings. The maximum atomic E-state index is 12.8. The summed E-state index contributed by atoms with van der Waals surface area (Å²) in [5.41, 5.74) is 0.0666. The number of aliphatic carboxylic acids is 1. The van der Waals surface area contributed by atoms with Crippen LogP contribution in [0.2, 0.25) is 0 Å². The number of benzene rings is 3. The molecule has 3 rings (SSSR count). The lowest BCUT2D eigenvalue weighted by Gasteiger charge is -2.15. The summed E-state index contributed by atoms with van der Waals surface area (Å²) in [5.74, 6) is -2.26. The Hall–Kier alpha value is -3.12. The smallest absolute Gasteiger partial charge is 0.506 e. The number of ether oxygens (including phenoxy) is 1. The number of alkyl halides is 3. The number of hydrogen-bond donors (Lipinski definition) is 3. The Morgan fingerprint density at radius 2 is 1.68 bits per heavy atom. The Bertz CT molecular complexity index is 1230. The number of halogens is 3. The van der Waals surface area contributed by atoms with Gasteiger partial charge in [0, 0.05) is 10.8 Å². The molecule has 0 spiro atoms. The number of hydrogen-bond acceptors (Lipinski definition) is 6. The van der Waals surface area contributed by atoms with E-state index in [2.05, 4.69) is 9.46 Å². The summed E-state index contributed by atoms with van der Waals surface area (Å²) in [6, 6.07) is 11.3. The average molecular weight is 473 g/mol. The van der Waals surface area contributed by atoms with Crippen molar-refractivity contribution in [1.29, 1.82) is 0 Å². The molecular weight excluding hydrogens is 459 g/mol. The Balaban J connectivity index is 1.97. The lowest BCUT2D eigenvalue weighted by Crippen LogP contribution is -2.17. The van der Waals surface area contributed by atoms with Gasteiger partial charge in [-0.05, 0) is 30.3 Å². The fraction of sp³-hybridized carbons (Fsp3) is 0.105. The van der Waals surface area contributed by atoms with Crippen LogP contribution in [-0.2, 0) is 14.8 Å². The highest BCUT2D eigenvalue weighted by Crippen LogP contribution is 2.40. The number of rotatable bonds is 7. The zero-order valence-electron chi connectivity index (χ0n) is 15.4. The lowest BCUT2D eigenvalue weighted by molar-refractivity contribution is -0.274. The van der Waals surface area contributed by atoms with Gasteiger partial charge in [-0.3, -0.25) is 9.52 Å². The van der Waals surface area contributed by atoms with Crippen LogP contribution in [0, 0.1) is 0 Å². The molecule has 3 aromatic rings. The molecule has 0 aliphatic heterocycles. The van der Waals surface area contributed by atoms with Crippen molar-refractivity contribution >= 4 is 44.2 Å². The first kappa shape index (κ1) is 22.6. The first-order valence-corrected chi connectivity index (χ1v) is 10.9. The third kappa shape index (κ3) is 5.52. The zero-order chi connectivity index (χ0) is 22.8. The number of carbonyl (C=O) groups is 1. The molecular formula is C19H14F3NO6S2. The molecule has 0 aromatic heterocycles. The van der Waals surface area contributed by atoms with E-state index in [4.69, 9.17) is 5.11 Å². The van der Waals surface area contributed by atoms with Crippen LogP contribution >= 0.6 is 11.8 Å². The van der Waals surface area contributed by atoms with Crippen LogP contribution in [0.15, 0.2) is 64.4 Å². The third-order valence-corrected chi connectivity index (χ3v) is 6.34. The molecule has 0 bridgehead atoms. The Kier molecular flexibility index (Phi) is 6.23. The molecule has 31 heavy (non-hydrogen) atoms. The molecule has 0 unspecified atom stereocenters. The second kappa shape index (κ2) is 8.55. The summed E-state index contributed by atoms with van der Waals surface area (Å²) >= 11 is 0.806. The van der Waals surface area contributed by atoms with E-state index in [1.807, 2.05) is 0 Å². The van der Waals surface area contributed by atoms with Gasteiger partial charge in [0.25, 0.3) is 10.0 Å². The quantitative estimate of drug-likeness (QED) is 0.344. The number of phenolic OH excluding ortho intramolecular Hbond substituents is 1. The molecule has 0 fully saturated rings. The Morgan fingerprint density at radius 1 is 1.06 bits per heavy atom. The molecule has 0 atom stereocenters. The molecule has 7 nitrogen and oxygen atoms in total. The number of anilines is 1. The largest absolute Gasteiger partial charge is 0.573 e. The Morgan fingerprint density at radius 3 is 2.26 bits per heavy atom. The summed E-state index contributed by atoms with van der Waals surface area (Å²) in [6.07, 6.45) is -4.91. The van der Waals surface area contributed by atoms with Crippen molar-refractivity contribution < 1.29 is 41.3 Å². The number of carboxylic acids is 1. The van der Waals surface area contributed by atoms with Gasteiger partial charge in [-0.1, -0.05) is 24.3 Å². The number of aromatic hydroxyl groups is 1. The molecule has 0 saturated heterocycles. The maximum Gasteiger partial charge on any atom is 0.573 e. The van der Waals surface area contributed by atoms with Crippen LogP contribution in [0.1, 0.15) is 0 Å². The molecule has 0 amide bonds. The standard InChI is InChI=1S/C19H14F3NO6S2/c20-19(21,22)29-11-5-7-12(8-6-11)31(27,28)23-15-9-16(30-10-17(24)25)18(26)14-4-2-1-3-13(14)15/h1-9,23,26H,10H2,(H,24,25). The SMILES string of the molecule is O=C(O)CSc1cc(NS(=O)(=O)c2ccc(OC(F)(F)F)cc2)c2ccccc2c1O. The van der Waals surface area contributed by atoms with Gasteiger partial charge in [0.2, 0.25) is 0 Å². The zero-order valence-corrected chi connectivity index (χ0v) is 17.0. The topological polar surface area (TPSA) is 113 Å². The van der Waals surface area contributed by atoms with Gasteiger partial charge in [-0.2, -0.15) is 0 Å². The van der Waals surface area contributed by atoms with E-state index in [0.29, 0.717) is 10.8 Å². The van der Waals surface area contributed by atoms with Crippen molar-refractivity contribution in [3.8, 4) is 11.5 Å². The minimum Gasteiger partial charge on any atom is -0.506 e. The van der Waals surface area contributed by atoms with Crippen LogP contribution in [0.5, 0.6) is 11.5 Å². The predicted octanol–water partition coefficient (Wildman–Crippen LogP) is 4.42. The summed E-state index contributed by atoms with van der Waals surface area (Å²) in [5, 5.41) is 20.0. The van der Waals surface area contributed by atoms with Gasteiger partial charge >= 0.3 is 12.3 Å². The number of thioether (sulfide) groups is 1. The van der Waals surface area contributed by atoms with Crippen LogP contribution in [0.25, 0.3) is 10.8 Å². The molecule has 3 N–H and O–H groups in total. The molecule has 0 aliphatic carbocycles. The number of phenols is 1. The average Bonchev–Trinajstić information content (AvgIpc) is 2.68. The van der Waals surface area contributed by atoms with E-state index in [1.54, 1.807) is 18.2 Å². The van der Waals surface area contributed by atoms with E-state index in [9.17, 15) is 31.5 Å². The second-order valence-electron chi connectivity index (χ2n) is 6.12. The van der Waals surface area contributed by atoms with Crippen molar-refractivity contribution in [3.63, 3.8) is 0 Å². The van der Waals surface area contributed by atoms with Gasteiger partial charge in [-0.25, -0.2) is 8.42 Å². The van der Waals surface area contributed by atoms with Crippen LogP contribution in [0.4, 0.5) is 18.9 Å². The first-order valence-electron chi connectivity index (χ1n) is 8.44. The van der Waals surface area contributed by atoms with Crippen molar-refractivity contribution in [2.24, 2.45) is 0 Å². The maximum absolute atomic E-state index is 12.8. The van der Waals surface area contributed by atoms with E-state index in [-0.39, 0.29) is 27.0 Å². The highest BCUT2D eigenvalue weighted by molar-refractivity contribution is 8.00. The number of nitrogens with one attached hydrogen (secondary N) is 1. The van der Waals surface area contributed by atoms with Crippen LogP contribution < -0.4 is 9.46 Å². The van der Waals surface area contributed by atoms with Gasteiger partial charge < -0.3 is 14.9 Å². The van der Waals surface area contributed by atoms with Crippen LogP contribution in [-0.4, -0.2) is 36.7 Å². The number of carboxylic acid groups (broad SMARTS) is 1. The molecule has 12 heteroatoms. The minimum absolute atomic E-state index is 0.0666. The molecule has 3 aromatic carbocycles. The summed E-state index contributed by atoms with van der Waals surface area (Å²) < 4.78 is 68.4. The van der Waals surface area contributed by atoms with Crippen molar-refractivity contribution in [3.05, 3.63) is 54.6 Å². The van der Waals surface area contributed by atoms with Crippen molar-refractivity contribution in [2.75, 3.05) is 10.5 Å². The van der Waals surface area contributed by atoms with Gasteiger partial charge in [-0.15, -0.1) is 24.9 Å². The lowest BCUT2D eigenvalue weighted by atomic mass is 10.1. The molecule has 0 saturated carbocycles. The first-order chi connectivity index (χ1) is 14.5. The van der Waals surface area contributed by atoms with Gasteiger partial charge in [0.05, 0.1) is 21.2 Å². The summed E-state index contributed by atoms with van der Waals surface area (Å²) in [6.45, 7) is 0. The summed E-state index contributed by atoms with van der Waals surface area (Å²) in [4.78, 5) is 10.7. The molecule has 164 valence electrons. The van der Waals surface area contributed by atoms with E-state index >= 15 is 0 Å². The Labute approximate surface area is 178 Å². The third-order valence-electron chi connectivity index (χ3n) is 3.94. The minimum atomic E-state index is -4.91. The van der Waals surface area contributed by atoms with Crippen molar-refractivity contribution in [2.45, 2.75) is 16.2 Å². The van der Waals surface area contributed by atoms with Crippen LogP contribution in [0.3, 0.4) is 0 Å². The molecule has 0 radical (unpaired) electrons. The monoisotopic (exact) mass is 473 g/mol.